The zero-order valence-electron chi connectivity index (χ0n) is 10.4. The number of ether oxygens (including phenoxy) is 1. The summed E-state index contributed by atoms with van der Waals surface area (Å²) >= 11 is 0. The van der Waals surface area contributed by atoms with Gasteiger partial charge in [-0.1, -0.05) is 6.92 Å². The van der Waals surface area contributed by atoms with E-state index in [4.69, 9.17) is 9.52 Å². The van der Waals surface area contributed by atoms with Crippen LogP contribution in [0.3, 0.4) is 0 Å². The number of methoxy groups -OCH3 is 1. The van der Waals surface area contributed by atoms with E-state index in [2.05, 4.69) is 10.1 Å². The molecule has 2 unspecified atom stereocenters. The maximum atomic E-state index is 11.2. The second kappa shape index (κ2) is 6.42. The molecule has 0 saturated heterocycles. The molecule has 5 heteroatoms. The summed E-state index contributed by atoms with van der Waals surface area (Å²) in [4.78, 5) is 11.2. The molecule has 1 aromatic heterocycles. The lowest BCUT2D eigenvalue weighted by Gasteiger charge is -2.18. The number of esters is 1. The molecule has 96 valence electrons. The molecule has 0 aliphatic carbocycles. The first kappa shape index (κ1) is 13.7. The van der Waals surface area contributed by atoms with Crippen molar-refractivity contribution < 1.29 is 19.1 Å². The molecule has 0 aliphatic heterocycles. The molecule has 1 aromatic rings. The molecular formula is C12H19NO4. The van der Waals surface area contributed by atoms with Crippen LogP contribution >= 0.6 is 0 Å². The van der Waals surface area contributed by atoms with Crippen LogP contribution in [0.5, 0.6) is 0 Å². The Kier molecular flexibility index (Phi) is 5.18. The number of furan rings is 1. The van der Waals surface area contributed by atoms with Crippen molar-refractivity contribution in [3.63, 3.8) is 0 Å². The van der Waals surface area contributed by atoms with Crippen LogP contribution in [0.1, 0.15) is 30.0 Å². The summed E-state index contributed by atoms with van der Waals surface area (Å²) < 4.78 is 9.80. The van der Waals surface area contributed by atoms with Crippen LogP contribution in [-0.4, -0.2) is 30.8 Å². The minimum atomic E-state index is -0.406. The molecule has 0 aromatic carbocycles. The van der Waals surface area contributed by atoms with Gasteiger partial charge < -0.3 is 19.6 Å². The fraction of sp³-hybridized carbons (Fsp3) is 0.583. The molecule has 2 atom stereocenters. The average Bonchev–Trinajstić information content (AvgIpc) is 2.82. The van der Waals surface area contributed by atoms with Crippen LogP contribution in [0.4, 0.5) is 0 Å². The van der Waals surface area contributed by atoms with Gasteiger partial charge in [0.05, 0.1) is 19.2 Å². The van der Waals surface area contributed by atoms with Gasteiger partial charge in [0, 0.05) is 12.6 Å². The average molecular weight is 241 g/mol. The van der Waals surface area contributed by atoms with E-state index >= 15 is 0 Å². The number of carbonyl (C=O) groups excluding carboxylic acids is 1. The van der Waals surface area contributed by atoms with Crippen molar-refractivity contribution in [1.82, 2.24) is 5.32 Å². The summed E-state index contributed by atoms with van der Waals surface area (Å²) in [6.45, 7) is 4.60. The Labute approximate surface area is 101 Å². The van der Waals surface area contributed by atoms with Crippen molar-refractivity contribution in [2.75, 3.05) is 13.7 Å². The van der Waals surface area contributed by atoms with Crippen LogP contribution in [0, 0.1) is 5.92 Å². The predicted octanol–water partition coefficient (Wildman–Crippen LogP) is 1.17. The van der Waals surface area contributed by atoms with Crippen LogP contribution < -0.4 is 5.32 Å². The predicted molar refractivity (Wildman–Crippen MR) is 62.6 cm³/mol. The number of nitrogens with one attached hydrogen (secondary N) is 1. The molecule has 0 aliphatic rings. The highest BCUT2D eigenvalue weighted by molar-refractivity contribution is 5.88. The smallest absolute Gasteiger partial charge is 0.341 e. The van der Waals surface area contributed by atoms with Crippen LogP contribution in [-0.2, 0) is 11.3 Å². The molecule has 2 N–H and O–H groups in total. The van der Waals surface area contributed by atoms with Gasteiger partial charge in [0.2, 0.25) is 0 Å². The van der Waals surface area contributed by atoms with E-state index < -0.39 is 5.97 Å². The highest BCUT2D eigenvalue weighted by Gasteiger charge is 2.13. The van der Waals surface area contributed by atoms with E-state index in [0.29, 0.717) is 17.9 Å². The van der Waals surface area contributed by atoms with Gasteiger partial charge in [0.25, 0.3) is 0 Å². The third kappa shape index (κ3) is 3.87. The fourth-order valence-electron chi connectivity index (χ4n) is 1.32. The molecule has 0 amide bonds. The van der Waals surface area contributed by atoms with Crippen LogP contribution in [0.25, 0.3) is 0 Å². The Morgan fingerprint density at radius 3 is 2.88 bits per heavy atom. The number of hydrogen-bond acceptors (Lipinski definition) is 5. The largest absolute Gasteiger partial charge is 0.467 e. The molecule has 0 radical (unpaired) electrons. The Bertz CT molecular complexity index is 361. The third-order valence-electron chi connectivity index (χ3n) is 2.81. The Balaban J connectivity index is 2.47. The quantitative estimate of drug-likeness (QED) is 0.731. The number of aliphatic hydroxyl groups excluding tert-OH is 1. The Hall–Kier alpha value is -1.33. The molecule has 0 bridgehead atoms. The van der Waals surface area contributed by atoms with Gasteiger partial charge in [-0.25, -0.2) is 4.79 Å². The van der Waals surface area contributed by atoms with Crippen molar-refractivity contribution in [2.45, 2.75) is 26.4 Å². The van der Waals surface area contributed by atoms with Gasteiger partial charge in [-0.3, -0.25) is 0 Å². The maximum absolute atomic E-state index is 11.2. The van der Waals surface area contributed by atoms with E-state index in [1.54, 1.807) is 6.07 Å². The maximum Gasteiger partial charge on any atom is 0.341 e. The standard InChI is InChI=1S/C12H19NO4/c1-8(6-14)9(2)13-5-11-4-10(7-17-11)12(15)16-3/h4,7-9,13-14H,5-6H2,1-3H3. The molecule has 0 spiro atoms. The third-order valence-corrected chi connectivity index (χ3v) is 2.81. The summed E-state index contributed by atoms with van der Waals surface area (Å²) in [6, 6.07) is 1.82. The van der Waals surface area contributed by atoms with Gasteiger partial charge in [-0.05, 0) is 18.9 Å². The minimum Gasteiger partial charge on any atom is -0.467 e. The second-order valence-corrected chi connectivity index (χ2v) is 4.12. The van der Waals surface area contributed by atoms with Crippen LogP contribution in [0.2, 0.25) is 0 Å². The zero-order valence-corrected chi connectivity index (χ0v) is 10.4. The molecule has 5 nitrogen and oxygen atoms in total. The van der Waals surface area contributed by atoms with Crippen molar-refractivity contribution in [2.24, 2.45) is 5.92 Å². The fourth-order valence-corrected chi connectivity index (χ4v) is 1.32. The highest BCUT2D eigenvalue weighted by Crippen LogP contribution is 2.10. The number of rotatable bonds is 6. The van der Waals surface area contributed by atoms with Crippen molar-refractivity contribution in [3.8, 4) is 0 Å². The molecule has 0 saturated carbocycles. The van der Waals surface area contributed by atoms with E-state index in [1.165, 1.54) is 13.4 Å². The van der Waals surface area contributed by atoms with Crippen molar-refractivity contribution in [3.05, 3.63) is 23.7 Å². The van der Waals surface area contributed by atoms with E-state index in [9.17, 15) is 4.79 Å². The number of aliphatic hydroxyl groups is 1. The zero-order chi connectivity index (χ0) is 12.8. The summed E-state index contributed by atoms with van der Waals surface area (Å²) in [7, 11) is 1.33. The highest BCUT2D eigenvalue weighted by atomic mass is 16.5. The first-order valence-electron chi connectivity index (χ1n) is 5.58. The minimum absolute atomic E-state index is 0.139. The lowest BCUT2D eigenvalue weighted by molar-refractivity contribution is 0.0600. The van der Waals surface area contributed by atoms with Crippen molar-refractivity contribution in [1.29, 1.82) is 0 Å². The Morgan fingerprint density at radius 2 is 2.29 bits per heavy atom. The van der Waals surface area contributed by atoms with Gasteiger partial charge >= 0.3 is 5.97 Å². The lowest BCUT2D eigenvalue weighted by atomic mass is 10.1. The summed E-state index contributed by atoms with van der Waals surface area (Å²) in [5, 5.41) is 12.2. The molecule has 1 heterocycles. The normalized spacial score (nSPS) is 14.4. The first-order chi connectivity index (χ1) is 8.08. The monoisotopic (exact) mass is 241 g/mol. The first-order valence-corrected chi connectivity index (χ1v) is 5.58. The second-order valence-electron chi connectivity index (χ2n) is 4.12. The van der Waals surface area contributed by atoms with Gasteiger partial charge in [-0.2, -0.15) is 0 Å². The van der Waals surface area contributed by atoms with Gasteiger partial charge in [0.15, 0.2) is 0 Å². The van der Waals surface area contributed by atoms with E-state index in [-0.39, 0.29) is 18.6 Å². The lowest BCUT2D eigenvalue weighted by Crippen LogP contribution is -2.33. The number of hydrogen-bond donors (Lipinski definition) is 2. The van der Waals surface area contributed by atoms with E-state index in [1.807, 2.05) is 13.8 Å². The molecule has 0 fully saturated rings. The van der Waals surface area contributed by atoms with Crippen LogP contribution in [0.15, 0.2) is 16.7 Å². The SMILES string of the molecule is COC(=O)c1coc(CNC(C)C(C)CO)c1. The number of carbonyl (C=O) groups is 1. The van der Waals surface area contributed by atoms with E-state index in [0.717, 1.165) is 0 Å². The molecule has 1 rings (SSSR count). The summed E-state index contributed by atoms with van der Waals surface area (Å²) in [5.74, 6) is 0.434. The topological polar surface area (TPSA) is 71.7 Å². The van der Waals surface area contributed by atoms with Gasteiger partial charge in [-0.15, -0.1) is 0 Å². The molecular weight excluding hydrogens is 222 g/mol. The summed E-state index contributed by atoms with van der Waals surface area (Å²) in [6.07, 6.45) is 1.38. The van der Waals surface area contributed by atoms with Gasteiger partial charge in [0.1, 0.15) is 12.0 Å². The van der Waals surface area contributed by atoms with Crippen molar-refractivity contribution >= 4 is 5.97 Å². The molecule has 17 heavy (non-hydrogen) atoms. The summed E-state index contributed by atoms with van der Waals surface area (Å²) in [5.41, 5.74) is 0.409. The Morgan fingerprint density at radius 1 is 1.59 bits per heavy atom.